The molecule has 2 aromatic carbocycles. The molecule has 28 heavy (non-hydrogen) atoms. The lowest BCUT2D eigenvalue weighted by molar-refractivity contribution is 0.0965. The standard InChI is InChI=1S/C21H23N3O3S/c1-22-21(25)19-16-11-15(13-9-10-13)17(23-28(3,26)27)12-18(16)24(2)20(19)14-7-5-4-6-8-14/h4-8,11-13,23H,9-10H2,1-3H3,(H,22,25). The van der Waals surface area contributed by atoms with Crippen molar-refractivity contribution >= 4 is 32.5 Å². The number of aryl methyl sites for hydroxylation is 1. The molecule has 2 N–H and O–H groups in total. The van der Waals surface area contributed by atoms with Crippen LogP contribution in [0.4, 0.5) is 5.69 Å². The van der Waals surface area contributed by atoms with Crippen LogP contribution in [0.15, 0.2) is 42.5 Å². The minimum atomic E-state index is -3.40. The first kappa shape index (κ1) is 18.6. The van der Waals surface area contributed by atoms with Crippen molar-refractivity contribution in [3.8, 4) is 11.3 Å². The highest BCUT2D eigenvalue weighted by Gasteiger charge is 2.30. The molecule has 146 valence electrons. The Labute approximate surface area is 164 Å². The van der Waals surface area contributed by atoms with Crippen molar-refractivity contribution in [1.29, 1.82) is 0 Å². The molecule has 3 aromatic rings. The Hall–Kier alpha value is -2.80. The molecular formula is C21H23N3O3S. The topological polar surface area (TPSA) is 80.2 Å². The summed E-state index contributed by atoms with van der Waals surface area (Å²) in [4.78, 5) is 12.8. The van der Waals surface area contributed by atoms with Gasteiger partial charge in [-0.2, -0.15) is 0 Å². The lowest BCUT2D eigenvalue weighted by Crippen LogP contribution is -2.18. The molecule has 4 rings (SSSR count). The molecule has 0 spiro atoms. The highest BCUT2D eigenvalue weighted by atomic mass is 32.2. The van der Waals surface area contributed by atoms with Crippen LogP contribution in [0.1, 0.15) is 34.7 Å². The van der Waals surface area contributed by atoms with Crippen LogP contribution >= 0.6 is 0 Å². The van der Waals surface area contributed by atoms with E-state index in [0.717, 1.165) is 46.8 Å². The van der Waals surface area contributed by atoms with E-state index in [-0.39, 0.29) is 5.91 Å². The van der Waals surface area contributed by atoms with Crippen LogP contribution in [0.25, 0.3) is 22.2 Å². The van der Waals surface area contributed by atoms with Gasteiger partial charge >= 0.3 is 0 Å². The van der Waals surface area contributed by atoms with Gasteiger partial charge in [0.25, 0.3) is 5.91 Å². The van der Waals surface area contributed by atoms with Gasteiger partial charge in [0.2, 0.25) is 10.0 Å². The molecule has 0 aliphatic heterocycles. The largest absolute Gasteiger partial charge is 0.355 e. The first-order chi connectivity index (χ1) is 13.3. The summed E-state index contributed by atoms with van der Waals surface area (Å²) in [7, 11) is 0.121. The van der Waals surface area contributed by atoms with Gasteiger partial charge in [-0.25, -0.2) is 8.42 Å². The number of aromatic nitrogens is 1. The Morgan fingerprint density at radius 3 is 2.39 bits per heavy atom. The number of benzene rings is 2. The first-order valence-electron chi connectivity index (χ1n) is 9.21. The average molecular weight is 398 g/mol. The minimum absolute atomic E-state index is 0.157. The number of nitrogens with zero attached hydrogens (tertiary/aromatic N) is 1. The fraction of sp³-hybridized carbons (Fsp3) is 0.286. The van der Waals surface area contributed by atoms with Gasteiger partial charge < -0.3 is 9.88 Å². The van der Waals surface area contributed by atoms with Crippen molar-refractivity contribution in [2.75, 3.05) is 18.0 Å². The van der Waals surface area contributed by atoms with Gasteiger partial charge in [-0.15, -0.1) is 0 Å². The second-order valence-electron chi connectivity index (χ2n) is 7.33. The number of rotatable bonds is 5. The van der Waals surface area contributed by atoms with E-state index >= 15 is 0 Å². The first-order valence-corrected chi connectivity index (χ1v) is 11.1. The van der Waals surface area contributed by atoms with E-state index in [0.29, 0.717) is 17.2 Å². The number of amides is 1. The van der Waals surface area contributed by atoms with Gasteiger partial charge in [-0.1, -0.05) is 30.3 Å². The van der Waals surface area contributed by atoms with Gasteiger partial charge in [0, 0.05) is 19.5 Å². The van der Waals surface area contributed by atoms with Gasteiger partial charge in [-0.05, 0) is 42.0 Å². The van der Waals surface area contributed by atoms with Crippen LogP contribution in [-0.2, 0) is 17.1 Å². The maximum atomic E-state index is 12.8. The Bertz CT molecular complexity index is 1180. The molecule has 0 unspecified atom stereocenters. The molecule has 6 nitrogen and oxygen atoms in total. The van der Waals surface area contributed by atoms with Crippen LogP contribution < -0.4 is 10.0 Å². The van der Waals surface area contributed by atoms with E-state index < -0.39 is 10.0 Å². The number of hydrogen-bond acceptors (Lipinski definition) is 3. The van der Waals surface area contributed by atoms with Crippen LogP contribution in [0.3, 0.4) is 0 Å². The third-order valence-electron chi connectivity index (χ3n) is 5.18. The molecule has 1 aromatic heterocycles. The van der Waals surface area contributed by atoms with Crippen molar-refractivity contribution in [3.63, 3.8) is 0 Å². The normalized spacial score (nSPS) is 14.2. The Morgan fingerprint density at radius 2 is 1.82 bits per heavy atom. The number of nitrogens with one attached hydrogen (secondary N) is 2. The van der Waals surface area contributed by atoms with E-state index in [1.54, 1.807) is 7.05 Å². The van der Waals surface area contributed by atoms with Gasteiger partial charge in [-0.3, -0.25) is 9.52 Å². The molecule has 1 heterocycles. The number of carbonyl (C=O) groups excluding carboxylic acids is 1. The van der Waals surface area contributed by atoms with Crippen molar-refractivity contribution in [2.45, 2.75) is 18.8 Å². The Kier molecular flexibility index (Phi) is 4.42. The third kappa shape index (κ3) is 3.26. The summed E-state index contributed by atoms with van der Waals surface area (Å²) in [6, 6.07) is 13.6. The summed E-state index contributed by atoms with van der Waals surface area (Å²) in [5.41, 5.74) is 4.72. The third-order valence-corrected chi connectivity index (χ3v) is 5.78. The summed E-state index contributed by atoms with van der Waals surface area (Å²) in [5, 5.41) is 3.59. The molecule has 7 heteroatoms. The SMILES string of the molecule is CNC(=O)c1c(-c2ccccc2)n(C)c2cc(NS(C)(=O)=O)c(C3CC3)cc12. The predicted molar refractivity (Wildman–Crippen MR) is 112 cm³/mol. The van der Waals surface area contributed by atoms with Gasteiger partial charge in [0.05, 0.1) is 28.7 Å². The van der Waals surface area contributed by atoms with Crippen molar-refractivity contribution in [1.82, 2.24) is 9.88 Å². The number of sulfonamides is 1. The highest BCUT2D eigenvalue weighted by Crippen LogP contribution is 2.46. The van der Waals surface area contributed by atoms with E-state index in [2.05, 4.69) is 10.0 Å². The second-order valence-corrected chi connectivity index (χ2v) is 9.08. The second kappa shape index (κ2) is 6.67. The summed E-state index contributed by atoms with van der Waals surface area (Å²) >= 11 is 0. The number of fused-ring (bicyclic) bond motifs is 1. The molecule has 0 atom stereocenters. The number of hydrogen-bond donors (Lipinski definition) is 2. The maximum Gasteiger partial charge on any atom is 0.253 e. The van der Waals surface area contributed by atoms with Crippen LogP contribution in [0.5, 0.6) is 0 Å². The summed E-state index contributed by atoms with van der Waals surface area (Å²) < 4.78 is 28.4. The molecule has 0 saturated heterocycles. The molecular weight excluding hydrogens is 374 g/mol. The molecule has 1 saturated carbocycles. The maximum absolute atomic E-state index is 12.8. The lowest BCUT2D eigenvalue weighted by Gasteiger charge is -2.12. The van der Waals surface area contributed by atoms with E-state index in [4.69, 9.17) is 0 Å². The fourth-order valence-corrected chi connectivity index (χ4v) is 4.38. The van der Waals surface area contributed by atoms with Gasteiger partial charge in [0.15, 0.2) is 0 Å². The smallest absolute Gasteiger partial charge is 0.253 e. The highest BCUT2D eigenvalue weighted by molar-refractivity contribution is 7.92. The fourth-order valence-electron chi connectivity index (χ4n) is 3.81. The van der Waals surface area contributed by atoms with Crippen LogP contribution in [-0.4, -0.2) is 32.2 Å². The molecule has 0 radical (unpaired) electrons. The molecule has 0 bridgehead atoms. The van der Waals surface area contributed by atoms with Crippen LogP contribution in [0, 0.1) is 0 Å². The van der Waals surface area contributed by atoms with E-state index in [9.17, 15) is 13.2 Å². The Balaban J connectivity index is 2.05. The van der Waals surface area contributed by atoms with E-state index in [1.807, 2.05) is 54.1 Å². The van der Waals surface area contributed by atoms with E-state index in [1.165, 1.54) is 0 Å². The zero-order valence-electron chi connectivity index (χ0n) is 16.1. The minimum Gasteiger partial charge on any atom is -0.355 e. The van der Waals surface area contributed by atoms with Crippen molar-refractivity contribution in [3.05, 3.63) is 53.6 Å². The zero-order chi connectivity index (χ0) is 20.1. The number of anilines is 1. The van der Waals surface area contributed by atoms with Crippen LogP contribution in [0.2, 0.25) is 0 Å². The summed E-state index contributed by atoms with van der Waals surface area (Å²) in [5.74, 6) is 0.168. The average Bonchev–Trinajstić information content (AvgIpc) is 3.45. The molecule has 1 amide bonds. The molecule has 1 aliphatic rings. The summed E-state index contributed by atoms with van der Waals surface area (Å²) in [6.07, 6.45) is 3.21. The summed E-state index contributed by atoms with van der Waals surface area (Å²) in [6.45, 7) is 0. The van der Waals surface area contributed by atoms with Gasteiger partial charge in [0.1, 0.15) is 0 Å². The Morgan fingerprint density at radius 1 is 1.14 bits per heavy atom. The monoisotopic (exact) mass is 397 g/mol. The molecule has 1 fully saturated rings. The zero-order valence-corrected chi connectivity index (χ0v) is 16.9. The quantitative estimate of drug-likeness (QED) is 0.692. The van der Waals surface area contributed by atoms with Crippen molar-refractivity contribution < 1.29 is 13.2 Å². The molecule has 1 aliphatic carbocycles. The predicted octanol–water partition coefficient (Wildman–Crippen LogP) is 3.45. The lowest BCUT2D eigenvalue weighted by atomic mass is 10.0. The van der Waals surface area contributed by atoms with Crippen molar-refractivity contribution in [2.24, 2.45) is 7.05 Å². The number of carbonyl (C=O) groups is 1.